The first-order valence-corrected chi connectivity index (χ1v) is 7.01. The summed E-state index contributed by atoms with van der Waals surface area (Å²) in [6, 6.07) is 11.1. The van der Waals surface area contributed by atoms with E-state index in [9.17, 15) is 9.18 Å². The normalized spacial score (nSPS) is 10.3. The van der Waals surface area contributed by atoms with Crippen LogP contribution in [0.4, 0.5) is 4.39 Å². The lowest BCUT2D eigenvalue weighted by Gasteiger charge is -2.07. The number of halogens is 3. The van der Waals surface area contributed by atoms with Gasteiger partial charge in [0.15, 0.2) is 12.4 Å². The van der Waals surface area contributed by atoms with Crippen LogP contribution < -0.4 is 4.74 Å². The number of hydrogen-bond donors (Lipinski definition) is 0. The van der Waals surface area contributed by atoms with Gasteiger partial charge in [-0.3, -0.25) is 4.79 Å². The van der Waals surface area contributed by atoms with E-state index in [1.165, 1.54) is 18.2 Å². The van der Waals surface area contributed by atoms with Crippen LogP contribution in [0.2, 0.25) is 0 Å². The summed E-state index contributed by atoms with van der Waals surface area (Å²) < 4.78 is 19.8. The molecule has 0 spiro atoms. The topological polar surface area (TPSA) is 26.3 Å². The van der Waals surface area contributed by atoms with Crippen molar-refractivity contribution >= 4 is 37.6 Å². The smallest absolute Gasteiger partial charge is 0.200 e. The van der Waals surface area contributed by atoms with Crippen molar-refractivity contribution in [3.63, 3.8) is 0 Å². The lowest BCUT2D eigenvalue weighted by Crippen LogP contribution is -2.11. The summed E-state index contributed by atoms with van der Waals surface area (Å²) in [5.74, 6) is -0.270. The van der Waals surface area contributed by atoms with E-state index in [0.717, 1.165) is 4.47 Å². The number of hydrogen-bond acceptors (Lipinski definition) is 2. The maximum atomic E-state index is 13.1. The Hall–Kier alpha value is -1.20. The van der Waals surface area contributed by atoms with Crippen molar-refractivity contribution < 1.29 is 13.9 Å². The molecule has 0 fully saturated rings. The largest absolute Gasteiger partial charge is 0.484 e. The molecular formula is C14H9Br2FO2. The van der Waals surface area contributed by atoms with Gasteiger partial charge in [-0.15, -0.1) is 0 Å². The van der Waals surface area contributed by atoms with Crippen LogP contribution >= 0.6 is 31.9 Å². The maximum Gasteiger partial charge on any atom is 0.200 e. The van der Waals surface area contributed by atoms with Crippen LogP contribution in [-0.2, 0) is 0 Å². The molecule has 0 saturated carbocycles. The van der Waals surface area contributed by atoms with Crippen molar-refractivity contribution in [2.24, 2.45) is 0 Å². The maximum absolute atomic E-state index is 13.1. The van der Waals surface area contributed by atoms with Crippen LogP contribution in [0.15, 0.2) is 51.4 Å². The molecule has 0 atom stereocenters. The van der Waals surface area contributed by atoms with Crippen LogP contribution in [0, 0.1) is 5.82 Å². The number of ether oxygens (including phenoxy) is 1. The molecule has 0 amide bonds. The Morgan fingerprint density at radius 2 is 1.95 bits per heavy atom. The van der Waals surface area contributed by atoms with E-state index >= 15 is 0 Å². The molecule has 0 aliphatic rings. The van der Waals surface area contributed by atoms with E-state index in [-0.39, 0.29) is 12.4 Å². The third-order valence-electron chi connectivity index (χ3n) is 2.40. The van der Waals surface area contributed by atoms with Crippen molar-refractivity contribution in [1.82, 2.24) is 0 Å². The number of benzene rings is 2. The van der Waals surface area contributed by atoms with E-state index in [1.54, 1.807) is 18.2 Å². The van der Waals surface area contributed by atoms with E-state index in [0.29, 0.717) is 15.8 Å². The molecule has 0 aromatic heterocycles. The van der Waals surface area contributed by atoms with Gasteiger partial charge in [0.25, 0.3) is 0 Å². The molecule has 0 saturated heterocycles. The minimum Gasteiger partial charge on any atom is -0.484 e. The third-order valence-corrected chi connectivity index (χ3v) is 3.55. The number of rotatable bonds is 4. The Morgan fingerprint density at radius 3 is 2.68 bits per heavy atom. The Labute approximate surface area is 126 Å². The molecule has 98 valence electrons. The molecule has 0 aliphatic heterocycles. The van der Waals surface area contributed by atoms with Gasteiger partial charge in [-0.25, -0.2) is 4.39 Å². The van der Waals surface area contributed by atoms with Crippen molar-refractivity contribution in [2.75, 3.05) is 6.61 Å². The Morgan fingerprint density at radius 1 is 1.16 bits per heavy atom. The van der Waals surface area contributed by atoms with Crippen molar-refractivity contribution in [3.8, 4) is 5.75 Å². The quantitative estimate of drug-likeness (QED) is 0.716. The number of carbonyl (C=O) groups excluding carboxylic acids is 1. The second-order valence-electron chi connectivity index (χ2n) is 3.80. The van der Waals surface area contributed by atoms with Crippen LogP contribution in [0.5, 0.6) is 5.75 Å². The molecule has 2 nitrogen and oxygen atoms in total. The van der Waals surface area contributed by atoms with Crippen LogP contribution in [0.1, 0.15) is 10.4 Å². The second kappa shape index (κ2) is 6.30. The van der Waals surface area contributed by atoms with E-state index in [2.05, 4.69) is 31.9 Å². The highest BCUT2D eigenvalue weighted by atomic mass is 79.9. The molecule has 2 rings (SSSR count). The van der Waals surface area contributed by atoms with Gasteiger partial charge in [-0.05, 0) is 40.2 Å². The fourth-order valence-corrected chi connectivity index (χ4v) is 2.24. The fraction of sp³-hybridized carbons (Fsp3) is 0.0714. The molecular weight excluding hydrogens is 379 g/mol. The molecule has 0 unspecified atom stereocenters. The first kappa shape index (κ1) is 14.2. The first-order valence-electron chi connectivity index (χ1n) is 5.43. The summed E-state index contributed by atoms with van der Waals surface area (Å²) in [4.78, 5) is 11.9. The van der Waals surface area contributed by atoms with Gasteiger partial charge in [0.1, 0.15) is 11.6 Å². The molecule has 19 heavy (non-hydrogen) atoms. The summed E-state index contributed by atoms with van der Waals surface area (Å²) in [7, 11) is 0. The standard InChI is InChI=1S/C14H9Br2FO2/c15-10-3-1-2-9(6-10)13(18)8-19-14-7-11(17)4-5-12(14)16/h1-7H,8H2. The molecule has 0 radical (unpaired) electrons. The van der Waals surface area contributed by atoms with Gasteiger partial charge in [0.05, 0.1) is 4.47 Å². The molecule has 2 aromatic rings. The highest BCUT2D eigenvalue weighted by Crippen LogP contribution is 2.25. The zero-order valence-electron chi connectivity index (χ0n) is 9.70. The summed E-state index contributed by atoms with van der Waals surface area (Å²) >= 11 is 6.54. The SMILES string of the molecule is O=C(COc1cc(F)ccc1Br)c1cccc(Br)c1. The first-order chi connectivity index (χ1) is 9.06. The Bertz CT molecular complexity index is 614. The molecule has 0 aliphatic carbocycles. The van der Waals surface area contributed by atoms with Crippen LogP contribution in [0.3, 0.4) is 0 Å². The second-order valence-corrected chi connectivity index (χ2v) is 5.57. The minimum atomic E-state index is -0.409. The van der Waals surface area contributed by atoms with Crippen molar-refractivity contribution in [3.05, 3.63) is 62.8 Å². The van der Waals surface area contributed by atoms with E-state index in [4.69, 9.17) is 4.74 Å². The monoisotopic (exact) mass is 386 g/mol. The van der Waals surface area contributed by atoms with Gasteiger partial charge < -0.3 is 4.74 Å². The van der Waals surface area contributed by atoms with E-state index in [1.807, 2.05) is 6.07 Å². The van der Waals surface area contributed by atoms with E-state index < -0.39 is 5.82 Å². The highest BCUT2D eigenvalue weighted by Gasteiger charge is 2.09. The third kappa shape index (κ3) is 3.88. The molecule has 2 aromatic carbocycles. The average molecular weight is 388 g/mol. The number of ketones is 1. The summed E-state index contributed by atoms with van der Waals surface area (Å²) in [5, 5.41) is 0. The minimum absolute atomic E-state index is 0.140. The predicted octanol–water partition coefficient (Wildman–Crippen LogP) is 4.61. The van der Waals surface area contributed by atoms with Crippen LogP contribution in [-0.4, -0.2) is 12.4 Å². The van der Waals surface area contributed by atoms with Gasteiger partial charge in [-0.1, -0.05) is 28.1 Å². The van der Waals surface area contributed by atoms with Gasteiger partial charge in [0.2, 0.25) is 0 Å². The molecule has 0 bridgehead atoms. The lowest BCUT2D eigenvalue weighted by atomic mass is 10.1. The summed E-state index contributed by atoms with van der Waals surface area (Å²) in [5.41, 5.74) is 0.543. The summed E-state index contributed by atoms with van der Waals surface area (Å²) in [6.45, 7) is -0.140. The Balaban J connectivity index is 2.06. The predicted molar refractivity (Wildman–Crippen MR) is 78.1 cm³/mol. The number of Topliss-reactive ketones (excluding diaryl/α,β-unsaturated/α-hetero) is 1. The van der Waals surface area contributed by atoms with Gasteiger partial charge in [-0.2, -0.15) is 0 Å². The van der Waals surface area contributed by atoms with Crippen molar-refractivity contribution in [1.29, 1.82) is 0 Å². The average Bonchev–Trinajstić information content (AvgIpc) is 2.39. The number of carbonyl (C=O) groups is 1. The molecule has 5 heteroatoms. The van der Waals surface area contributed by atoms with Gasteiger partial charge >= 0.3 is 0 Å². The highest BCUT2D eigenvalue weighted by molar-refractivity contribution is 9.10. The zero-order chi connectivity index (χ0) is 13.8. The molecule has 0 heterocycles. The zero-order valence-corrected chi connectivity index (χ0v) is 12.9. The summed E-state index contributed by atoms with van der Waals surface area (Å²) in [6.07, 6.45) is 0. The fourth-order valence-electron chi connectivity index (χ4n) is 1.48. The molecule has 0 N–H and O–H groups in total. The lowest BCUT2D eigenvalue weighted by molar-refractivity contribution is 0.0920. The Kier molecular flexibility index (Phi) is 4.71. The van der Waals surface area contributed by atoms with Crippen molar-refractivity contribution in [2.45, 2.75) is 0 Å². The van der Waals surface area contributed by atoms with Crippen LogP contribution in [0.25, 0.3) is 0 Å². The van der Waals surface area contributed by atoms with Gasteiger partial charge in [0, 0.05) is 16.1 Å².